The highest BCUT2D eigenvalue weighted by Gasteiger charge is 2.60. The second-order valence-corrected chi connectivity index (χ2v) is 8.42. The van der Waals surface area contributed by atoms with E-state index in [0.29, 0.717) is 11.5 Å². The van der Waals surface area contributed by atoms with Gasteiger partial charge in [-0.1, -0.05) is 20.8 Å². The predicted octanol–water partition coefficient (Wildman–Crippen LogP) is 4.11. The minimum Gasteiger partial charge on any atom is -0.267 e. The molecule has 136 valence electrons. The number of rotatable bonds is 3. The van der Waals surface area contributed by atoms with Gasteiger partial charge >= 0.3 is 0 Å². The second kappa shape index (κ2) is 5.79. The van der Waals surface area contributed by atoms with Gasteiger partial charge in [0.15, 0.2) is 0 Å². The summed E-state index contributed by atoms with van der Waals surface area (Å²) in [7, 11) is 0. The number of benzene rings is 1. The van der Waals surface area contributed by atoms with Gasteiger partial charge in [0, 0.05) is 28.6 Å². The highest BCUT2D eigenvalue weighted by atomic mass is 16.2. The minimum absolute atomic E-state index is 0.104. The van der Waals surface area contributed by atoms with E-state index in [0.717, 1.165) is 29.9 Å². The lowest BCUT2D eigenvalue weighted by Crippen LogP contribution is -2.34. The molecular formula is C21H26N4O. The molecule has 0 radical (unpaired) electrons. The summed E-state index contributed by atoms with van der Waals surface area (Å²) in [5.74, 6) is 0.519. The summed E-state index contributed by atoms with van der Waals surface area (Å²) in [4.78, 5) is 12.5. The number of nitrogens with one attached hydrogen (secondary N) is 1. The molecule has 0 spiro atoms. The Balaban J connectivity index is 1.49. The van der Waals surface area contributed by atoms with Gasteiger partial charge in [-0.2, -0.15) is 10.2 Å². The summed E-state index contributed by atoms with van der Waals surface area (Å²) in [6.45, 7) is 8.98. The van der Waals surface area contributed by atoms with Crippen molar-refractivity contribution in [1.29, 1.82) is 0 Å². The SMILES string of the molecule is Cc1ccnn1-c1ccc(C(=O)N/N=C2/C[C@@H]3CC[C@]2(C)C3(C)C)cc1. The fourth-order valence-corrected chi connectivity index (χ4v) is 4.67. The van der Waals surface area contributed by atoms with E-state index in [1.165, 1.54) is 6.42 Å². The van der Waals surface area contributed by atoms with Crippen LogP contribution >= 0.6 is 0 Å². The van der Waals surface area contributed by atoms with Crippen LogP contribution in [-0.2, 0) is 0 Å². The van der Waals surface area contributed by atoms with Crippen molar-refractivity contribution in [2.75, 3.05) is 0 Å². The van der Waals surface area contributed by atoms with E-state index < -0.39 is 0 Å². The van der Waals surface area contributed by atoms with Gasteiger partial charge in [0.1, 0.15) is 0 Å². The van der Waals surface area contributed by atoms with E-state index in [4.69, 9.17) is 0 Å². The highest BCUT2D eigenvalue weighted by molar-refractivity contribution is 5.98. The molecule has 4 rings (SSSR count). The maximum absolute atomic E-state index is 12.5. The minimum atomic E-state index is -0.162. The first-order chi connectivity index (χ1) is 12.3. The number of hydrogen-bond donors (Lipinski definition) is 1. The molecule has 26 heavy (non-hydrogen) atoms. The zero-order valence-corrected chi connectivity index (χ0v) is 15.9. The smallest absolute Gasteiger partial charge is 0.267 e. The Morgan fingerprint density at radius 2 is 1.96 bits per heavy atom. The lowest BCUT2D eigenvalue weighted by molar-refractivity contribution is 0.0954. The number of carbonyl (C=O) groups is 1. The first-order valence-corrected chi connectivity index (χ1v) is 9.31. The molecule has 1 aromatic heterocycles. The molecule has 1 N–H and O–H groups in total. The average molecular weight is 350 g/mol. The van der Waals surface area contributed by atoms with Crippen molar-refractivity contribution in [3.8, 4) is 5.69 Å². The van der Waals surface area contributed by atoms with Crippen LogP contribution in [0.15, 0.2) is 41.6 Å². The van der Waals surface area contributed by atoms with Gasteiger partial charge in [-0.05, 0) is 67.9 Å². The van der Waals surface area contributed by atoms with Crippen molar-refractivity contribution in [1.82, 2.24) is 15.2 Å². The van der Waals surface area contributed by atoms with Crippen LogP contribution in [0.4, 0.5) is 0 Å². The number of aryl methyl sites for hydroxylation is 1. The Kier molecular flexibility index (Phi) is 3.79. The van der Waals surface area contributed by atoms with Crippen molar-refractivity contribution >= 4 is 11.6 Å². The molecule has 1 heterocycles. The lowest BCUT2D eigenvalue weighted by atomic mass is 9.70. The summed E-state index contributed by atoms with van der Waals surface area (Å²) in [5.41, 5.74) is 6.90. The molecule has 0 unspecified atom stereocenters. The average Bonchev–Trinajstić information content (AvgIpc) is 3.20. The van der Waals surface area contributed by atoms with Crippen molar-refractivity contribution in [2.24, 2.45) is 21.8 Å². The largest absolute Gasteiger partial charge is 0.271 e. The number of hydrogen-bond acceptors (Lipinski definition) is 3. The maximum atomic E-state index is 12.5. The van der Waals surface area contributed by atoms with Crippen molar-refractivity contribution < 1.29 is 4.79 Å². The Labute approximate surface area is 154 Å². The van der Waals surface area contributed by atoms with Crippen LogP contribution in [0.2, 0.25) is 0 Å². The summed E-state index contributed by atoms with van der Waals surface area (Å²) < 4.78 is 1.85. The maximum Gasteiger partial charge on any atom is 0.271 e. The Bertz CT molecular complexity index is 878. The molecule has 1 amide bonds. The lowest BCUT2D eigenvalue weighted by Gasteiger charge is -2.34. The van der Waals surface area contributed by atoms with Gasteiger partial charge in [-0.15, -0.1) is 0 Å². The number of fused-ring (bicyclic) bond motifs is 2. The zero-order chi connectivity index (χ0) is 18.5. The molecule has 2 fully saturated rings. The number of amides is 1. The van der Waals surface area contributed by atoms with E-state index in [1.807, 2.05) is 41.9 Å². The molecule has 2 aliphatic carbocycles. The van der Waals surface area contributed by atoms with E-state index >= 15 is 0 Å². The van der Waals surface area contributed by atoms with Gasteiger partial charge in [-0.3, -0.25) is 4.79 Å². The Hall–Kier alpha value is -2.43. The van der Waals surface area contributed by atoms with Crippen molar-refractivity contribution in [3.63, 3.8) is 0 Å². The number of nitrogens with zero attached hydrogens (tertiary/aromatic N) is 3. The molecule has 2 aliphatic rings. The third kappa shape index (κ3) is 2.41. The third-order valence-electron chi connectivity index (χ3n) is 7.01. The third-order valence-corrected chi connectivity index (χ3v) is 7.01. The van der Waals surface area contributed by atoms with E-state index in [1.54, 1.807) is 6.20 Å². The summed E-state index contributed by atoms with van der Waals surface area (Å²) in [6.07, 6.45) is 5.20. The van der Waals surface area contributed by atoms with Crippen LogP contribution in [0.25, 0.3) is 5.69 Å². The molecule has 2 bridgehead atoms. The second-order valence-electron chi connectivity index (χ2n) is 8.42. The molecule has 2 saturated carbocycles. The van der Waals surface area contributed by atoms with Gasteiger partial charge in [0.05, 0.1) is 5.69 Å². The van der Waals surface area contributed by atoms with Gasteiger partial charge in [0.25, 0.3) is 5.91 Å². The quantitative estimate of drug-likeness (QED) is 0.847. The van der Waals surface area contributed by atoms with E-state index in [9.17, 15) is 4.79 Å². The monoisotopic (exact) mass is 350 g/mol. The van der Waals surface area contributed by atoms with Crippen LogP contribution in [0.5, 0.6) is 0 Å². The molecule has 0 aliphatic heterocycles. The first kappa shape index (κ1) is 17.0. The van der Waals surface area contributed by atoms with Crippen LogP contribution in [-0.4, -0.2) is 21.4 Å². The predicted molar refractivity (Wildman–Crippen MR) is 102 cm³/mol. The molecule has 5 heteroatoms. The highest BCUT2D eigenvalue weighted by Crippen LogP contribution is 2.63. The zero-order valence-electron chi connectivity index (χ0n) is 15.9. The number of hydrazone groups is 1. The molecular weight excluding hydrogens is 324 g/mol. The van der Waals surface area contributed by atoms with Crippen LogP contribution in [0.3, 0.4) is 0 Å². The van der Waals surface area contributed by atoms with Gasteiger partial charge in [-0.25, -0.2) is 10.1 Å². The Morgan fingerprint density at radius 1 is 1.23 bits per heavy atom. The number of carbonyl (C=O) groups excluding carboxylic acids is 1. The molecule has 1 aromatic carbocycles. The Morgan fingerprint density at radius 3 is 2.50 bits per heavy atom. The first-order valence-electron chi connectivity index (χ1n) is 9.31. The van der Waals surface area contributed by atoms with Crippen molar-refractivity contribution in [3.05, 3.63) is 47.8 Å². The fourth-order valence-electron chi connectivity index (χ4n) is 4.67. The van der Waals surface area contributed by atoms with Crippen LogP contribution in [0.1, 0.15) is 56.1 Å². The van der Waals surface area contributed by atoms with E-state index in [-0.39, 0.29) is 16.7 Å². The summed E-state index contributed by atoms with van der Waals surface area (Å²) in [6, 6.07) is 9.40. The molecule has 5 nitrogen and oxygen atoms in total. The van der Waals surface area contributed by atoms with E-state index in [2.05, 4.69) is 36.4 Å². The van der Waals surface area contributed by atoms with Gasteiger partial charge < -0.3 is 0 Å². The number of aromatic nitrogens is 2. The standard InChI is InChI=1S/C21H26N4O/c1-14-10-12-22-25(14)17-7-5-15(6-8-17)19(26)24-23-18-13-16-9-11-21(18,4)20(16,2)3/h5-8,10,12,16H,9,11,13H2,1-4H3,(H,24,26)/b23-18-/t16-,21-/m0/s1. The van der Waals surface area contributed by atoms with Crippen LogP contribution < -0.4 is 5.43 Å². The van der Waals surface area contributed by atoms with Crippen LogP contribution in [0, 0.1) is 23.7 Å². The summed E-state index contributed by atoms with van der Waals surface area (Å²) in [5, 5.41) is 8.82. The summed E-state index contributed by atoms with van der Waals surface area (Å²) >= 11 is 0. The normalized spacial score (nSPS) is 27.8. The topological polar surface area (TPSA) is 59.3 Å². The molecule has 0 saturated heterocycles. The molecule has 2 atom stereocenters. The van der Waals surface area contributed by atoms with Gasteiger partial charge in [0.2, 0.25) is 0 Å². The fraction of sp³-hybridized carbons (Fsp3) is 0.476. The molecule has 2 aromatic rings. The van der Waals surface area contributed by atoms with Crippen molar-refractivity contribution in [2.45, 2.75) is 47.0 Å².